The lowest BCUT2D eigenvalue weighted by Crippen LogP contribution is -2.39. The van der Waals surface area contributed by atoms with E-state index in [9.17, 15) is 0 Å². The van der Waals surface area contributed by atoms with Gasteiger partial charge in [0.15, 0.2) is 0 Å². The molecule has 3 heteroatoms. The summed E-state index contributed by atoms with van der Waals surface area (Å²) in [5.41, 5.74) is 1.74. The second-order valence-corrected chi connectivity index (χ2v) is 7.17. The molecule has 2 heterocycles. The summed E-state index contributed by atoms with van der Waals surface area (Å²) in [4.78, 5) is 4.45. The second kappa shape index (κ2) is 6.75. The predicted octanol–water partition coefficient (Wildman–Crippen LogP) is 3.91. The summed E-state index contributed by atoms with van der Waals surface area (Å²) in [5.74, 6) is 0.811. The van der Waals surface area contributed by atoms with E-state index in [2.05, 4.69) is 48.8 Å². The maximum atomic E-state index is 4.45. The van der Waals surface area contributed by atoms with Gasteiger partial charge in [0.05, 0.1) is 6.33 Å². The molecule has 1 N–H and O–H groups in total. The minimum Gasteiger partial charge on any atom is -0.331 e. The molecule has 0 saturated carbocycles. The Morgan fingerprint density at radius 2 is 1.95 bits per heavy atom. The first kappa shape index (κ1) is 15.6. The van der Waals surface area contributed by atoms with Crippen molar-refractivity contribution in [2.45, 2.75) is 71.3 Å². The van der Waals surface area contributed by atoms with Gasteiger partial charge in [0.1, 0.15) is 0 Å². The van der Waals surface area contributed by atoms with Crippen molar-refractivity contribution in [3.05, 3.63) is 18.2 Å². The van der Waals surface area contributed by atoms with Gasteiger partial charge in [-0.25, -0.2) is 4.98 Å². The molecule has 0 aromatic carbocycles. The van der Waals surface area contributed by atoms with Crippen LogP contribution in [-0.4, -0.2) is 22.6 Å². The SMILES string of the molecule is CC(C)CCCC(C)n1cncc1C1(C)CCNCC1. The Bertz CT molecular complexity index is 402. The molecular formula is C17H31N3. The Balaban J connectivity index is 2.03. The molecule has 0 aliphatic carbocycles. The zero-order valence-electron chi connectivity index (χ0n) is 13.7. The molecule has 20 heavy (non-hydrogen) atoms. The van der Waals surface area contributed by atoms with Crippen molar-refractivity contribution >= 4 is 0 Å². The highest BCUT2D eigenvalue weighted by Crippen LogP contribution is 2.34. The van der Waals surface area contributed by atoms with E-state index in [1.807, 2.05) is 6.33 Å². The Labute approximate surface area is 124 Å². The van der Waals surface area contributed by atoms with Gasteiger partial charge in [-0.1, -0.05) is 33.6 Å². The zero-order chi connectivity index (χ0) is 14.6. The molecule has 0 bridgehead atoms. The van der Waals surface area contributed by atoms with Crippen LogP contribution in [0.25, 0.3) is 0 Å². The van der Waals surface area contributed by atoms with Gasteiger partial charge in [0, 0.05) is 23.3 Å². The minimum atomic E-state index is 0.300. The number of hydrogen-bond donors (Lipinski definition) is 1. The van der Waals surface area contributed by atoms with Crippen LogP contribution in [-0.2, 0) is 5.41 Å². The van der Waals surface area contributed by atoms with Gasteiger partial charge in [0.25, 0.3) is 0 Å². The van der Waals surface area contributed by atoms with Crippen LogP contribution in [0.1, 0.15) is 71.5 Å². The van der Waals surface area contributed by atoms with E-state index < -0.39 is 0 Å². The number of rotatable bonds is 6. The molecule has 1 saturated heterocycles. The quantitative estimate of drug-likeness (QED) is 0.854. The molecule has 1 atom stereocenters. The van der Waals surface area contributed by atoms with Crippen molar-refractivity contribution in [2.75, 3.05) is 13.1 Å². The lowest BCUT2D eigenvalue weighted by Gasteiger charge is -2.35. The van der Waals surface area contributed by atoms with Gasteiger partial charge in [-0.3, -0.25) is 0 Å². The highest BCUT2D eigenvalue weighted by molar-refractivity contribution is 5.16. The van der Waals surface area contributed by atoms with Crippen LogP contribution in [0.5, 0.6) is 0 Å². The molecule has 2 rings (SSSR count). The van der Waals surface area contributed by atoms with Crippen LogP contribution >= 0.6 is 0 Å². The summed E-state index contributed by atoms with van der Waals surface area (Å²) < 4.78 is 2.44. The van der Waals surface area contributed by atoms with E-state index in [4.69, 9.17) is 0 Å². The first-order valence-electron chi connectivity index (χ1n) is 8.26. The Morgan fingerprint density at radius 1 is 1.25 bits per heavy atom. The fourth-order valence-electron chi connectivity index (χ4n) is 3.32. The first-order valence-corrected chi connectivity index (χ1v) is 8.26. The summed E-state index contributed by atoms with van der Waals surface area (Å²) in [6.45, 7) is 11.6. The van der Waals surface area contributed by atoms with Crippen LogP contribution in [0.4, 0.5) is 0 Å². The number of nitrogens with zero attached hydrogens (tertiary/aromatic N) is 2. The zero-order valence-corrected chi connectivity index (χ0v) is 13.7. The lowest BCUT2D eigenvalue weighted by molar-refractivity contribution is 0.305. The second-order valence-electron chi connectivity index (χ2n) is 7.17. The van der Waals surface area contributed by atoms with Crippen molar-refractivity contribution in [2.24, 2.45) is 5.92 Å². The molecule has 3 nitrogen and oxygen atoms in total. The van der Waals surface area contributed by atoms with Gasteiger partial charge < -0.3 is 9.88 Å². The Kier molecular flexibility index (Phi) is 5.25. The summed E-state index contributed by atoms with van der Waals surface area (Å²) >= 11 is 0. The highest BCUT2D eigenvalue weighted by atomic mass is 15.1. The van der Waals surface area contributed by atoms with E-state index in [0.717, 1.165) is 19.0 Å². The lowest BCUT2D eigenvalue weighted by atomic mass is 9.78. The molecule has 1 aromatic rings. The van der Waals surface area contributed by atoms with Gasteiger partial charge >= 0.3 is 0 Å². The third-order valence-electron chi connectivity index (χ3n) is 4.87. The molecule has 1 unspecified atom stereocenters. The van der Waals surface area contributed by atoms with Crippen molar-refractivity contribution < 1.29 is 0 Å². The molecular weight excluding hydrogens is 246 g/mol. The molecule has 1 fully saturated rings. The number of nitrogens with one attached hydrogen (secondary N) is 1. The topological polar surface area (TPSA) is 29.9 Å². The van der Waals surface area contributed by atoms with E-state index in [1.165, 1.54) is 37.8 Å². The van der Waals surface area contributed by atoms with E-state index in [0.29, 0.717) is 11.5 Å². The number of imidazole rings is 1. The summed E-state index contributed by atoms with van der Waals surface area (Å²) in [5, 5.41) is 3.47. The molecule has 1 aromatic heterocycles. The number of aromatic nitrogens is 2. The molecule has 1 aliphatic heterocycles. The van der Waals surface area contributed by atoms with Gasteiger partial charge in [-0.2, -0.15) is 0 Å². The summed E-state index contributed by atoms with van der Waals surface area (Å²) in [6.07, 6.45) is 10.5. The van der Waals surface area contributed by atoms with Crippen LogP contribution < -0.4 is 5.32 Å². The third kappa shape index (κ3) is 3.63. The maximum absolute atomic E-state index is 4.45. The van der Waals surface area contributed by atoms with Crippen LogP contribution in [0.2, 0.25) is 0 Å². The molecule has 114 valence electrons. The molecule has 0 spiro atoms. The van der Waals surface area contributed by atoms with E-state index >= 15 is 0 Å². The van der Waals surface area contributed by atoms with Crippen LogP contribution in [0.3, 0.4) is 0 Å². The minimum absolute atomic E-state index is 0.300. The molecule has 1 aliphatic rings. The van der Waals surface area contributed by atoms with Crippen molar-refractivity contribution in [1.82, 2.24) is 14.9 Å². The average molecular weight is 277 g/mol. The Hall–Kier alpha value is -0.830. The fourth-order valence-corrected chi connectivity index (χ4v) is 3.32. The fraction of sp³-hybridized carbons (Fsp3) is 0.824. The van der Waals surface area contributed by atoms with Gasteiger partial charge in [0.2, 0.25) is 0 Å². The van der Waals surface area contributed by atoms with Crippen molar-refractivity contribution in [1.29, 1.82) is 0 Å². The number of hydrogen-bond acceptors (Lipinski definition) is 2. The van der Waals surface area contributed by atoms with Crippen LogP contribution in [0.15, 0.2) is 12.5 Å². The monoisotopic (exact) mass is 277 g/mol. The Morgan fingerprint density at radius 3 is 2.60 bits per heavy atom. The average Bonchev–Trinajstić information content (AvgIpc) is 2.89. The predicted molar refractivity (Wildman–Crippen MR) is 85.1 cm³/mol. The van der Waals surface area contributed by atoms with Gasteiger partial charge in [-0.15, -0.1) is 0 Å². The van der Waals surface area contributed by atoms with E-state index in [1.54, 1.807) is 0 Å². The number of piperidine rings is 1. The summed E-state index contributed by atoms with van der Waals surface area (Å²) in [6, 6.07) is 0.568. The highest BCUT2D eigenvalue weighted by Gasteiger charge is 2.32. The van der Waals surface area contributed by atoms with Gasteiger partial charge in [-0.05, 0) is 45.2 Å². The van der Waals surface area contributed by atoms with Crippen molar-refractivity contribution in [3.8, 4) is 0 Å². The third-order valence-corrected chi connectivity index (χ3v) is 4.87. The normalized spacial score (nSPS) is 20.2. The smallest absolute Gasteiger partial charge is 0.0950 e. The van der Waals surface area contributed by atoms with Crippen molar-refractivity contribution in [3.63, 3.8) is 0 Å². The maximum Gasteiger partial charge on any atom is 0.0950 e. The van der Waals surface area contributed by atoms with E-state index in [-0.39, 0.29) is 0 Å². The largest absolute Gasteiger partial charge is 0.331 e. The molecule has 0 amide bonds. The summed E-state index contributed by atoms with van der Waals surface area (Å²) in [7, 11) is 0. The first-order chi connectivity index (χ1) is 9.53. The van der Waals surface area contributed by atoms with Crippen LogP contribution in [0, 0.1) is 5.92 Å². The standard InChI is InChI=1S/C17H31N3/c1-14(2)6-5-7-15(3)20-13-19-12-16(20)17(4)8-10-18-11-9-17/h12-15,18H,5-11H2,1-4H3. The molecule has 0 radical (unpaired) electrons.